The summed E-state index contributed by atoms with van der Waals surface area (Å²) >= 11 is 0. The number of benzene rings is 2. The first-order chi connectivity index (χ1) is 31.7. The fourth-order valence-electron chi connectivity index (χ4n) is 9.96. The minimum absolute atomic E-state index is 0.0225. The lowest BCUT2D eigenvalue weighted by molar-refractivity contribution is -0.138. The average molecular weight is 912 g/mol. The molecular weight excluding hydrogens is 844 g/mol. The quantitative estimate of drug-likeness (QED) is 0.127. The van der Waals surface area contributed by atoms with Crippen LogP contribution in [0.15, 0.2) is 67.8 Å². The molecule has 3 amide bonds. The van der Waals surface area contributed by atoms with Gasteiger partial charge in [-0.25, -0.2) is 4.79 Å². The molecule has 1 aromatic heterocycles. The van der Waals surface area contributed by atoms with Gasteiger partial charge >= 0.3 is 12.2 Å². The van der Waals surface area contributed by atoms with Gasteiger partial charge in [0, 0.05) is 75.8 Å². The Balaban J connectivity index is 0.905. The van der Waals surface area contributed by atoms with Crippen LogP contribution in [0.2, 0.25) is 0 Å². The number of anilines is 4. The van der Waals surface area contributed by atoms with E-state index in [-0.39, 0.29) is 31.1 Å². The van der Waals surface area contributed by atoms with E-state index in [1.807, 2.05) is 42.0 Å². The molecule has 4 fully saturated rings. The number of halogens is 3. The van der Waals surface area contributed by atoms with Crippen molar-refractivity contribution >= 4 is 46.9 Å². The summed E-state index contributed by atoms with van der Waals surface area (Å²) in [5.41, 5.74) is 12.2. The minimum atomic E-state index is -4.44. The molecule has 3 aromatic rings. The van der Waals surface area contributed by atoms with Crippen molar-refractivity contribution in [3.05, 3.63) is 90.2 Å². The smallest absolute Gasteiger partial charge is 0.397 e. The van der Waals surface area contributed by atoms with Crippen LogP contribution in [-0.4, -0.2) is 137 Å². The van der Waals surface area contributed by atoms with Crippen molar-refractivity contribution in [1.82, 2.24) is 34.8 Å². The lowest BCUT2D eigenvalue weighted by Crippen LogP contribution is -2.50. The van der Waals surface area contributed by atoms with Crippen molar-refractivity contribution in [2.75, 3.05) is 87.6 Å². The van der Waals surface area contributed by atoms with E-state index in [0.29, 0.717) is 66.5 Å². The molecule has 7 rings (SSSR count). The summed E-state index contributed by atoms with van der Waals surface area (Å²) < 4.78 is 39.3. The van der Waals surface area contributed by atoms with E-state index in [1.165, 1.54) is 5.56 Å². The standard InChI is InChI=1S/C50H68F3N11O2/c1-6-9-12-35(4)59(5)47(65)43-19-18-41(31-37(43)8-3)61-27-20-36(21-28-61)32-60-25-22-39(23-26-60)38-14-16-40(17-15-38)55-46-45(44(54)11-7-2)57-58-48(56-46)62-24-10-13-42(33-62)64-30-29-63(49(64)66)34-50(51,52)53/h6,8,11,14-19,31,35-36,39,42H,1,3,7,9-10,12-13,20-30,32-34,54H2,2,4-5H3,(H,55,56,58)/b44-11-. The zero-order valence-electron chi connectivity index (χ0n) is 39.0. The van der Waals surface area contributed by atoms with Gasteiger partial charge in [0.25, 0.3) is 5.91 Å². The van der Waals surface area contributed by atoms with E-state index in [9.17, 15) is 22.8 Å². The van der Waals surface area contributed by atoms with Gasteiger partial charge in [0.2, 0.25) is 5.95 Å². The summed E-state index contributed by atoms with van der Waals surface area (Å²) in [6.45, 7) is 17.2. The molecule has 0 spiro atoms. The van der Waals surface area contributed by atoms with Crippen molar-refractivity contribution in [3.8, 4) is 0 Å². The van der Waals surface area contributed by atoms with E-state index in [2.05, 4.69) is 81.8 Å². The number of likely N-dealkylation sites (tertiary alicyclic amines) is 1. The highest BCUT2D eigenvalue weighted by molar-refractivity contribution is 5.98. The van der Waals surface area contributed by atoms with E-state index in [1.54, 1.807) is 11.0 Å². The van der Waals surface area contributed by atoms with E-state index < -0.39 is 18.8 Å². The van der Waals surface area contributed by atoms with E-state index in [0.717, 1.165) is 99.5 Å². The Kier molecular flexibility index (Phi) is 15.9. The van der Waals surface area contributed by atoms with Crippen LogP contribution in [0.1, 0.15) is 105 Å². The first kappa shape index (κ1) is 48.3. The number of aromatic nitrogens is 3. The predicted molar refractivity (Wildman–Crippen MR) is 258 cm³/mol. The van der Waals surface area contributed by atoms with Gasteiger partial charge in [0.1, 0.15) is 6.54 Å². The Morgan fingerprint density at radius 2 is 1.71 bits per heavy atom. The van der Waals surface area contributed by atoms with Gasteiger partial charge in [-0.3, -0.25) is 4.79 Å². The molecule has 2 aromatic carbocycles. The second kappa shape index (κ2) is 21.8. The van der Waals surface area contributed by atoms with Crippen molar-refractivity contribution in [2.45, 2.75) is 95.8 Å². The summed E-state index contributed by atoms with van der Waals surface area (Å²) in [5.74, 6) is 1.99. The van der Waals surface area contributed by atoms with Crippen LogP contribution in [-0.2, 0) is 0 Å². The minimum Gasteiger partial charge on any atom is -0.397 e. The van der Waals surface area contributed by atoms with Gasteiger partial charge in [-0.05, 0) is 131 Å². The number of piperidine rings is 3. The molecule has 4 saturated heterocycles. The van der Waals surface area contributed by atoms with Crippen LogP contribution >= 0.6 is 0 Å². The molecule has 13 nitrogen and oxygen atoms in total. The fourth-order valence-corrected chi connectivity index (χ4v) is 9.96. The second-order valence-corrected chi connectivity index (χ2v) is 18.5. The van der Waals surface area contributed by atoms with Crippen molar-refractivity contribution in [1.29, 1.82) is 0 Å². The SMILES string of the molecule is C=CCCC(C)N(C)C(=O)c1ccc(N2CCC(CN3CCC(c4ccc(Nc5nc(N6CCCC(N7CCN(CC(F)(F)F)C7=O)C6)nnc5/C(N)=C/CC)cc4)CC3)CC2)cc1C=C. The highest BCUT2D eigenvalue weighted by atomic mass is 19.4. The number of carbonyl (C=O) groups excluding carboxylic acids is 2. The molecular formula is C50H68F3N11O2. The van der Waals surface area contributed by atoms with E-state index >= 15 is 0 Å². The van der Waals surface area contributed by atoms with Gasteiger partial charge in [-0.15, -0.1) is 16.8 Å². The Morgan fingerprint density at radius 1 is 0.970 bits per heavy atom. The van der Waals surface area contributed by atoms with Crippen molar-refractivity contribution in [2.24, 2.45) is 11.7 Å². The molecule has 0 saturated carbocycles. The number of nitrogens with zero attached hydrogens (tertiary/aromatic N) is 9. The van der Waals surface area contributed by atoms with Gasteiger partial charge in [0.15, 0.2) is 11.5 Å². The first-order valence-corrected chi connectivity index (χ1v) is 23.8. The normalized spacial score (nSPS) is 19.9. The van der Waals surface area contributed by atoms with Crippen molar-refractivity contribution < 1.29 is 22.8 Å². The largest absolute Gasteiger partial charge is 0.406 e. The number of amides is 3. The number of hydrogen-bond acceptors (Lipinski definition) is 10. The zero-order chi connectivity index (χ0) is 47.0. The van der Waals surface area contributed by atoms with Gasteiger partial charge in [-0.2, -0.15) is 18.2 Å². The van der Waals surface area contributed by atoms with Gasteiger partial charge in [-0.1, -0.05) is 43.9 Å². The molecule has 0 radical (unpaired) electrons. The predicted octanol–water partition coefficient (Wildman–Crippen LogP) is 8.76. The van der Waals surface area contributed by atoms with Crippen molar-refractivity contribution in [3.63, 3.8) is 0 Å². The number of alkyl halides is 3. The maximum absolute atomic E-state index is 13.4. The Labute approximate surface area is 388 Å². The van der Waals surface area contributed by atoms with Crippen LogP contribution < -0.4 is 20.9 Å². The first-order valence-electron chi connectivity index (χ1n) is 23.8. The third-order valence-corrected chi connectivity index (χ3v) is 14.0. The Hall–Kier alpha value is -5.64. The monoisotopic (exact) mass is 912 g/mol. The van der Waals surface area contributed by atoms with Crippen LogP contribution in [0.3, 0.4) is 0 Å². The second-order valence-electron chi connectivity index (χ2n) is 18.5. The molecule has 4 aliphatic rings. The number of nitrogens with one attached hydrogen (secondary N) is 1. The number of nitrogens with two attached hydrogens (primary N) is 1. The molecule has 5 heterocycles. The number of rotatable bonds is 17. The average Bonchev–Trinajstić information content (AvgIpc) is 3.68. The Morgan fingerprint density at radius 3 is 2.39 bits per heavy atom. The highest BCUT2D eigenvalue weighted by Gasteiger charge is 2.41. The highest BCUT2D eigenvalue weighted by Crippen LogP contribution is 2.33. The molecule has 16 heteroatoms. The molecule has 3 N–H and O–H groups in total. The number of hydrogen-bond donors (Lipinski definition) is 2. The maximum Gasteiger partial charge on any atom is 0.406 e. The summed E-state index contributed by atoms with van der Waals surface area (Å²) in [6.07, 6.45) is 9.48. The maximum atomic E-state index is 13.4. The summed E-state index contributed by atoms with van der Waals surface area (Å²) in [7, 11) is 1.87. The van der Waals surface area contributed by atoms with Crippen LogP contribution in [0.4, 0.5) is 41.1 Å². The van der Waals surface area contributed by atoms with Crippen LogP contribution in [0, 0.1) is 5.92 Å². The third kappa shape index (κ3) is 11.8. The van der Waals surface area contributed by atoms with Crippen LogP contribution in [0.5, 0.6) is 0 Å². The zero-order valence-corrected chi connectivity index (χ0v) is 39.0. The van der Waals surface area contributed by atoms with E-state index in [4.69, 9.17) is 10.7 Å². The molecule has 4 aliphatic heterocycles. The number of allylic oxidation sites excluding steroid dienone is 2. The number of carbonyl (C=O) groups is 2. The van der Waals surface area contributed by atoms with Crippen LogP contribution in [0.25, 0.3) is 11.8 Å². The lowest BCUT2D eigenvalue weighted by Gasteiger charge is -2.38. The molecule has 2 atom stereocenters. The van der Waals surface area contributed by atoms with Gasteiger partial charge < -0.3 is 40.4 Å². The lowest BCUT2D eigenvalue weighted by atomic mass is 9.88. The summed E-state index contributed by atoms with van der Waals surface area (Å²) in [4.78, 5) is 42.5. The number of urea groups is 1. The molecule has 2 unspecified atom stereocenters. The Bertz CT molecular complexity index is 2180. The summed E-state index contributed by atoms with van der Waals surface area (Å²) in [6, 6.07) is 14.0. The fraction of sp³-hybridized carbons (Fsp3) is 0.540. The third-order valence-electron chi connectivity index (χ3n) is 14.0. The molecule has 0 bridgehead atoms. The topological polar surface area (TPSA) is 130 Å². The summed E-state index contributed by atoms with van der Waals surface area (Å²) in [5, 5.41) is 12.4. The molecule has 0 aliphatic carbocycles. The molecule has 356 valence electrons. The van der Waals surface area contributed by atoms with Gasteiger partial charge in [0.05, 0.1) is 11.7 Å². The molecule has 66 heavy (non-hydrogen) atoms.